The van der Waals surface area contributed by atoms with Gasteiger partial charge in [0.15, 0.2) is 0 Å². The van der Waals surface area contributed by atoms with Gasteiger partial charge in [0.25, 0.3) is 5.91 Å². The number of amides is 1. The molecule has 0 aliphatic heterocycles. The fourth-order valence-electron chi connectivity index (χ4n) is 1.56. The highest BCUT2D eigenvalue weighted by molar-refractivity contribution is 5.93. The number of carbonyl (C=O) groups excluding carboxylic acids is 1. The van der Waals surface area contributed by atoms with Gasteiger partial charge in [-0.25, -0.2) is 0 Å². The Labute approximate surface area is 99.6 Å². The normalized spacial score (nSPS) is 10.1. The van der Waals surface area contributed by atoms with Crippen LogP contribution in [0, 0.1) is 0 Å². The fraction of sp³-hybridized carbons (Fsp3) is 0.231. The first-order valence-electron chi connectivity index (χ1n) is 5.58. The first-order valence-corrected chi connectivity index (χ1v) is 5.58. The van der Waals surface area contributed by atoms with Crippen molar-refractivity contribution in [2.75, 3.05) is 6.54 Å². The molecule has 0 saturated heterocycles. The monoisotopic (exact) mass is 230 g/mol. The van der Waals surface area contributed by atoms with E-state index in [1.54, 1.807) is 0 Å². The van der Waals surface area contributed by atoms with Crippen LogP contribution in [0.1, 0.15) is 22.3 Å². The van der Waals surface area contributed by atoms with Crippen LogP contribution in [0.25, 0.3) is 0 Å². The molecule has 0 saturated carbocycles. The van der Waals surface area contributed by atoms with Crippen LogP contribution < -0.4 is 5.32 Å². The summed E-state index contributed by atoms with van der Waals surface area (Å²) in [5, 5.41) is 6.30. The molecule has 1 heterocycles. The van der Waals surface area contributed by atoms with E-state index >= 15 is 0 Å². The summed E-state index contributed by atoms with van der Waals surface area (Å²) in [5.74, 6) is -0.140. The minimum absolute atomic E-state index is 0.140. The summed E-state index contributed by atoms with van der Waals surface area (Å²) in [6.45, 7) is 0.652. The van der Waals surface area contributed by atoms with E-state index in [9.17, 15) is 4.79 Å². The van der Waals surface area contributed by atoms with Gasteiger partial charge in [0.05, 0.1) is 11.8 Å². The van der Waals surface area contributed by atoms with Crippen molar-refractivity contribution in [3.8, 4) is 0 Å². The van der Waals surface area contributed by atoms with Gasteiger partial charge in [-0.05, 0) is 18.4 Å². The zero-order chi connectivity index (χ0) is 11.9. The van der Waals surface area contributed by atoms with Gasteiger partial charge < -0.3 is 9.84 Å². The lowest BCUT2D eigenvalue weighted by molar-refractivity contribution is 0.0952. The third-order valence-electron chi connectivity index (χ3n) is 2.47. The molecule has 88 valence electrons. The van der Waals surface area contributed by atoms with Gasteiger partial charge in [-0.15, -0.1) is 0 Å². The molecular weight excluding hydrogens is 216 g/mol. The van der Waals surface area contributed by atoms with E-state index in [-0.39, 0.29) is 5.91 Å². The predicted octanol–water partition coefficient (Wildman–Crippen LogP) is 2.04. The van der Waals surface area contributed by atoms with Crippen molar-refractivity contribution in [2.24, 2.45) is 0 Å². The van der Waals surface area contributed by atoms with E-state index in [4.69, 9.17) is 0 Å². The average Bonchev–Trinajstić information content (AvgIpc) is 2.89. The summed E-state index contributed by atoms with van der Waals surface area (Å²) in [4.78, 5) is 11.5. The first-order chi connectivity index (χ1) is 8.36. The number of aryl methyl sites for hydroxylation is 1. The summed E-state index contributed by atoms with van der Waals surface area (Å²) >= 11 is 0. The molecule has 1 N–H and O–H groups in total. The number of aromatic nitrogens is 1. The third kappa shape index (κ3) is 3.45. The summed E-state index contributed by atoms with van der Waals surface area (Å²) in [5.41, 5.74) is 1.75. The standard InChI is InChI=1S/C13H14N2O2/c16-13(12-9-15-17-10-12)14-8-4-7-11-5-2-1-3-6-11/h1-3,5-6,9-10H,4,7-8H2,(H,14,16). The van der Waals surface area contributed by atoms with Crippen LogP contribution in [-0.4, -0.2) is 17.6 Å². The highest BCUT2D eigenvalue weighted by Gasteiger charge is 2.06. The second kappa shape index (κ2) is 5.84. The number of nitrogens with zero attached hydrogens (tertiary/aromatic N) is 1. The summed E-state index contributed by atoms with van der Waals surface area (Å²) in [7, 11) is 0. The highest BCUT2D eigenvalue weighted by Crippen LogP contribution is 2.02. The van der Waals surface area contributed by atoms with E-state index in [0.717, 1.165) is 12.8 Å². The lowest BCUT2D eigenvalue weighted by atomic mass is 10.1. The second-order valence-electron chi connectivity index (χ2n) is 3.76. The van der Waals surface area contributed by atoms with Crippen LogP contribution in [0.5, 0.6) is 0 Å². The Bertz CT molecular complexity index is 452. The molecule has 1 amide bonds. The minimum atomic E-state index is -0.140. The SMILES string of the molecule is O=C(NCCCc1ccccc1)c1cnoc1. The topological polar surface area (TPSA) is 55.1 Å². The van der Waals surface area contributed by atoms with Gasteiger partial charge in [0.1, 0.15) is 6.26 Å². The van der Waals surface area contributed by atoms with Gasteiger partial charge in [-0.3, -0.25) is 4.79 Å². The first kappa shape index (κ1) is 11.4. The number of hydrogen-bond acceptors (Lipinski definition) is 3. The lowest BCUT2D eigenvalue weighted by Crippen LogP contribution is -2.24. The maximum atomic E-state index is 11.5. The number of hydrogen-bond donors (Lipinski definition) is 1. The van der Waals surface area contributed by atoms with E-state index < -0.39 is 0 Å². The Kier molecular flexibility index (Phi) is 3.91. The van der Waals surface area contributed by atoms with Crippen molar-refractivity contribution in [3.63, 3.8) is 0 Å². The summed E-state index contributed by atoms with van der Waals surface area (Å²) in [6, 6.07) is 10.2. The average molecular weight is 230 g/mol. The molecule has 4 heteroatoms. The number of carbonyl (C=O) groups is 1. The molecule has 0 spiro atoms. The Hall–Kier alpha value is -2.10. The fourth-order valence-corrected chi connectivity index (χ4v) is 1.56. The largest absolute Gasteiger partial charge is 0.364 e. The van der Waals surface area contributed by atoms with Crippen molar-refractivity contribution in [1.82, 2.24) is 10.5 Å². The Morgan fingerprint density at radius 2 is 2.12 bits per heavy atom. The highest BCUT2D eigenvalue weighted by atomic mass is 16.5. The van der Waals surface area contributed by atoms with Gasteiger partial charge >= 0.3 is 0 Å². The molecule has 1 aromatic heterocycles. The van der Waals surface area contributed by atoms with Crippen LogP contribution in [0.3, 0.4) is 0 Å². The van der Waals surface area contributed by atoms with Crippen LogP contribution in [-0.2, 0) is 6.42 Å². The summed E-state index contributed by atoms with van der Waals surface area (Å²) < 4.78 is 4.60. The molecule has 4 nitrogen and oxygen atoms in total. The van der Waals surface area contributed by atoms with Crippen molar-refractivity contribution in [1.29, 1.82) is 0 Å². The molecule has 2 aromatic rings. The zero-order valence-corrected chi connectivity index (χ0v) is 9.43. The minimum Gasteiger partial charge on any atom is -0.364 e. The molecule has 0 aliphatic carbocycles. The number of benzene rings is 1. The van der Waals surface area contributed by atoms with Crippen molar-refractivity contribution < 1.29 is 9.32 Å². The third-order valence-corrected chi connectivity index (χ3v) is 2.47. The number of nitrogens with one attached hydrogen (secondary N) is 1. The van der Waals surface area contributed by atoms with Gasteiger partial charge in [-0.2, -0.15) is 0 Å². The Morgan fingerprint density at radius 1 is 1.29 bits per heavy atom. The molecule has 0 atom stereocenters. The second-order valence-corrected chi connectivity index (χ2v) is 3.76. The van der Waals surface area contributed by atoms with Crippen LogP contribution in [0.2, 0.25) is 0 Å². The number of rotatable bonds is 5. The Balaban J connectivity index is 1.69. The van der Waals surface area contributed by atoms with Crippen LogP contribution in [0.15, 0.2) is 47.3 Å². The lowest BCUT2D eigenvalue weighted by Gasteiger charge is -2.03. The maximum absolute atomic E-state index is 11.5. The van der Waals surface area contributed by atoms with E-state index in [1.165, 1.54) is 18.0 Å². The van der Waals surface area contributed by atoms with Crippen LogP contribution in [0.4, 0.5) is 0 Å². The van der Waals surface area contributed by atoms with Gasteiger partial charge in [-0.1, -0.05) is 35.5 Å². The smallest absolute Gasteiger partial charge is 0.256 e. The zero-order valence-electron chi connectivity index (χ0n) is 9.43. The predicted molar refractivity (Wildman–Crippen MR) is 63.6 cm³/mol. The molecule has 1 aromatic carbocycles. The van der Waals surface area contributed by atoms with E-state index in [0.29, 0.717) is 12.1 Å². The van der Waals surface area contributed by atoms with Crippen LogP contribution >= 0.6 is 0 Å². The molecule has 0 fully saturated rings. The molecule has 17 heavy (non-hydrogen) atoms. The molecule has 0 aliphatic rings. The molecule has 0 unspecified atom stereocenters. The van der Waals surface area contributed by atoms with Crippen molar-refractivity contribution >= 4 is 5.91 Å². The van der Waals surface area contributed by atoms with E-state index in [2.05, 4.69) is 27.1 Å². The molecule has 0 bridgehead atoms. The van der Waals surface area contributed by atoms with Gasteiger partial charge in [0, 0.05) is 6.54 Å². The quantitative estimate of drug-likeness (QED) is 0.800. The van der Waals surface area contributed by atoms with E-state index in [1.807, 2.05) is 18.2 Å². The molecule has 2 rings (SSSR count). The van der Waals surface area contributed by atoms with Crippen molar-refractivity contribution in [3.05, 3.63) is 53.9 Å². The molecular formula is C13H14N2O2. The Morgan fingerprint density at radius 3 is 2.82 bits per heavy atom. The summed E-state index contributed by atoms with van der Waals surface area (Å²) in [6.07, 6.45) is 4.63. The van der Waals surface area contributed by atoms with Crippen molar-refractivity contribution in [2.45, 2.75) is 12.8 Å². The molecule has 0 radical (unpaired) electrons. The maximum Gasteiger partial charge on any atom is 0.256 e. The van der Waals surface area contributed by atoms with Gasteiger partial charge in [0.2, 0.25) is 0 Å².